The van der Waals surface area contributed by atoms with Crippen LogP contribution in [0.3, 0.4) is 0 Å². The van der Waals surface area contributed by atoms with Crippen LogP contribution in [0.4, 0.5) is 0 Å². The zero-order chi connectivity index (χ0) is 24.7. The number of likely N-dealkylation sites (N-methyl/N-ethyl adjacent to an activating group) is 1. The van der Waals surface area contributed by atoms with Crippen molar-refractivity contribution in [2.45, 2.75) is 59.5 Å². The molecule has 0 bridgehead atoms. The summed E-state index contributed by atoms with van der Waals surface area (Å²) in [6.45, 7) is 8.88. The van der Waals surface area contributed by atoms with E-state index >= 15 is 0 Å². The normalized spacial score (nSPS) is 11.8. The lowest BCUT2D eigenvalue weighted by Gasteiger charge is -2.29. The van der Waals surface area contributed by atoms with Gasteiger partial charge in [-0.05, 0) is 63.8 Å². The van der Waals surface area contributed by atoms with Crippen LogP contribution in [-0.2, 0) is 19.4 Å². The molecule has 0 fully saturated rings. The number of amides is 2. The van der Waals surface area contributed by atoms with Gasteiger partial charge in [0.2, 0.25) is 0 Å². The SMILES string of the molecule is CCc1cc(C(=O)N(C)C(CCNC(=O)c2cc(C)nn2CC)Cc2ccccc2)cc(C)n1. The third kappa shape index (κ3) is 6.31. The summed E-state index contributed by atoms with van der Waals surface area (Å²) in [5, 5.41) is 7.37. The minimum absolute atomic E-state index is 0.0351. The number of benzene rings is 1. The monoisotopic (exact) mass is 461 g/mol. The van der Waals surface area contributed by atoms with E-state index in [9.17, 15) is 9.59 Å². The summed E-state index contributed by atoms with van der Waals surface area (Å²) in [5.41, 5.74) is 4.92. The molecule has 3 aromatic rings. The second-order valence-corrected chi connectivity index (χ2v) is 8.63. The standard InChI is InChI=1S/C27H35N5O2/c1-6-23-18-22(15-19(3)29-23)27(34)31(5)24(17-21-11-9-8-10-12-21)13-14-28-26(33)25-16-20(4)30-32(25)7-2/h8-12,15-16,18,24H,6-7,13-14,17H2,1-5H3,(H,28,33). The summed E-state index contributed by atoms with van der Waals surface area (Å²) in [4.78, 5) is 32.4. The van der Waals surface area contributed by atoms with Gasteiger partial charge in [-0.1, -0.05) is 37.3 Å². The Balaban J connectivity index is 1.74. The minimum Gasteiger partial charge on any atom is -0.351 e. The summed E-state index contributed by atoms with van der Waals surface area (Å²) in [5.74, 6) is -0.181. The van der Waals surface area contributed by atoms with Crippen LogP contribution in [-0.4, -0.2) is 51.1 Å². The predicted octanol–water partition coefficient (Wildman–Crippen LogP) is 3.98. The van der Waals surface area contributed by atoms with Gasteiger partial charge in [-0.25, -0.2) is 0 Å². The molecule has 0 aliphatic carbocycles. The first-order valence-corrected chi connectivity index (χ1v) is 11.9. The highest BCUT2D eigenvalue weighted by Crippen LogP contribution is 2.16. The zero-order valence-corrected chi connectivity index (χ0v) is 20.8. The van der Waals surface area contributed by atoms with E-state index in [0.717, 1.165) is 29.1 Å². The van der Waals surface area contributed by atoms with E-state index in [-0.39, 0.29) is 17.9 Å². The molecule has 2 heterocycles. The lowest BCUT2D eigenvalue weighted by atomic mass is 10.0. The van der Waals surface area contributed by atoms with Crippen LogP contribution in [0.2, 0.25) is 0 Å². The van der Waals surface area contributed by atoms with E-state index in [0.29, 0.717) is 37.2 Å². The van der Waals surface area contributed by atoms with Crippen molar-refractivity contribution in [2.75, 3.05) is 13.6 Å². The molecular formula is C27H35N5O2. The van der Waals surface area contributed by atoms with Crippen molar-refractivity contribution in [2.24, 2.45) is 0 Å². The second-order valence-electron chi connectivity index (χ2n) is 8.63. The lowest BCUT2D eigenvalue weighted by molar-refractivity contribution is 0.0722. The maximum Gasteiger partial charge on any atom is 0.269 e. The molecule has 2 aromatic heterocycles. The first-order valence-electron chi connectivity index (χ1n) is 11.9. The van der Waals surface area contributed by atoms with Gasteiger partial charge in [0.1, 0.15) is 5.69 Å². The van der Waals surface area contributed by atoms with Gasteiger partial charge >= 0.3 is 0 Å². The van der Waals surface area contributed by atoms with Crippen molar-refractivity contribution in [1.82, 2.24) is 25.0 Å². The molecular weight excluding hydrogens is 426 g/mol. The maximum absolute atomic E-state index is 13.4. The molecule has 7 heteroatoms. The largest absolute Gasteiger partial charge is 0.351 e. The molecule has 0 radical (unpaired) electrons. The lowest BCUT2D eigenvalue weighted by Crippen LogP contribution is -2.41. The molecule has 1 unspecified atom stereocenters. The topological polar surface area (TPSA) is 80.1 Å². The molecule has 3 rings (SSSR count). The average molecular weight is 462 g/mol. The summed E-state index contributed by atoms with van der Waals surface area (Å²) < 4.78 is 1.71. The number of carbonyl (C=O) groups excluding carboxylic acids is 2. The number of hydrogen-bond acceptors (Lipinski definition) is 4. The molecule has 34 heavy (non-hydrogen) atoms. The highest BCUT2D eigenvalue weighted by molar-refractivity contribution is 5.94. The fraction of sp³-hybridized carbons (Fsp3) is 0.407. The Bertz CT molecular complexity index is 1120. The minimum atomic E-state index is -0.146. The molecule has 0 aliphatic rings. The van der Waals surface area contributed by atoms with Gasteiger partial charge in [0.15, 0.2) is 0 Å². The van der Waals surface area contributed by atoms with Gasteiger partial charge in [0.25, 0.3) is 11.8 Å². The van der Waals surface area contributed by atoms with Crippen LogP contribution < -0.4 is 5.32 Å². The molecule has 180 valence electrons. The zero-order valence-electron chi connectivity index (χ0n) is 20.8. The van der Waals surface area contributed by atoms with E-state index in [1.54, 1.807) is 15.6 Å². The van der Waals surface area contributed by atoms with Crippen molar-refractivity contribution in [1.29, 1.82) is 0 Å². The van der Waals surface area contributed by atoms with Crippen LogP contribution in [0.25, 0.3) is 0 Å². The van der Waals surface area contributed by atoms with Crippen molar-refractivity contribution < 1.29 is 9.59 Å². The van der Waals surface area contributed by atoms with Crippen molar-refractivity contribution in [3.8, 4) is 0 Å². The Hall–Kier alpha value is -3.48. The molecule has 1 N–H and O–H groups in total. The molecule has 1 aromatic carbocycles. The van der Waals surface area contributed by atoms with Gasteiger partial charge in [0, 0.05) is 43.1 Å². The van der Waals surface area contributed by atoms with Gasteiger partial charge in [-0.2, -0.15) is 5.10 Å². The van der Waals surface area contributed by atoms with Gasteiger partial charge < -0.3 is 10.2 Å². The number of aryl methyl sites for hydroxylation is 4. The third-order valence-electron chi connectivity index (χ3n) is 6.00. The number of aromatic nitrogens is 3. The van der Waals surface area contributed by atoms with Crippen molar-refractivity contribution in [3.63, 3.8) is 0 Å². The van der Waals surface area contributed by atoms with Crippen molar-refractivity contribution in [3.05, 3.63) is 82.4 Å². The highest BCUT2D eigenvalue weighted by atomic mass is 16.2. The Labute approximate surface area is 202 Å². The number of rotatable bonds is 10. The molecule has 0 saturated heterocycles. The van der Waals surface area contributed by atoms with Crippen LogP contribution in [0, 0.1) is 13.8 Å². The van der Waals surface area contributed by atoms with Gasteiger partial charge in [-0.15, -0.1) is 0 Å². The van der Waals surface area contributed by atoms with Gasteiger partial charge in [0.05, 0.1) is 5.69 Å². The summed E-state index contributed by atoms with van der Waals surface area (Å²) in [7, 11) is 1.84. The fourth-order valence-electron chi connectivity index (χ4n) is 4.14. The Morgan fingerprint density at radius 1 is 1.06 bits per heavy atom. The first-order chi connectivity index (χ1) is 16.3. The maximum atomic E-state index is 13.4. The predicted molar refractivity (Wildman–Crippen MR) is 134 cm³/mol. The van der Waals surface area contributed by atoms with E-state index in [1.807, 2.05) is 65.1 Å². The van der Waals surface area contributed by atoms with E-state index in [1.165, 1.54) is 0 Å². The summed E-state index contributed by atoms with van der Waals surface area (Å²) >= 11 is 0. The molecule has 2 amide bonds. The average Bonchev–Trinajstić information content (AvgIpc) is 3.23. The number of nitrogens with zero attached hydrogens (tertiary/aromatic N) is 4. The Morgan fingerprint density at radius 2 is 1.79 bits per heavy atom. The molecule has 1 atom stereocenters. The third-order valence-corrected chi connectivity index (χ3v) is 6.00. The van der Waals surface area contributed by atoms with Crippen LogP contribution in [0.5, 0.6) is 0 Å². The number of hydrogen-bond donors (Lipinski definition) is 1. The van der Waals surface area contributed by atoms with Crippen molar-refractivity contribution >= 4 is 11.8 Å². The van der Waals surface area contributed by atoms with E-state index in [2.05, 4.69) is 27.5 Å². The quantitative estimate of drug-likeness (QED) is 0.495. The summed E-state index contributed by atoms with van der Waals surface area (Å²) in [6.07, 6.45) is 2.11. The molecule has 0 aliphatic heterocycles. The second kappa shape index (κ2) is 11.6. The first kappa shape index (κ1) is 25.1. The van der Waals surface area contributed by atoms with Crippen LogP contribution in [0.15, 0.2) is 48.5 Å². The highest BCUT2D eigenvalue weighted by Gasteiger charge is 2.23. The Morgan fingerprint density at radius 3 is 2.47 bits per heavy atom. The smallest absolute Gasteiger partial charge is 0.269 e. The number of pyridine rings is 1. The van der Waals surface area contributed by atoms with Gasteiger partial charge in [-0.3, -0.25) is 19.3 Å². The Kier molecular flexibility index (Phi) is 8.57. The number of carbonyl (C=O) groups is 2. The molecule has 7 nitrogen and oxygen atoms in total. The van der Waals surface area contributed by atoms with Crippen LogP contribution >= 0.6 is 0 Å². The van der Waals surface area contributed by atoms with E-state index < -0.39 is 0 Å². The van der Waals surface area contributed by atoms with Crippen LogP contribution in [0.1, 0.15) is 63.8 Å². The summed E-state index contributed by atoms with van der Waals surface area (Å²) in [6, 6.07) is 15.6. The van der Waals surface area contributed by atoms with E-state index in [4.69, 9.17) is 0 Å². The molecule has 0 saturated carbocycles. The fourth-order valence-corrected chi connectivity index (χ4v) is 4.14. The molecule has 0 spiro atoms. The number of nitrogens with one attached hydrogen (secondary N) is 1.